The standard InChI is InChI=1S/C19H23N3O4S/c1-13-5-3-7-16(9-13)27(25,26)21-17-10-15(19(23)24)11-20-18(17)22-8-4-6-14(2)12-22/h3,5,7,9-11,14,21H,4,6,8,12H2,1-2H3,(H,23,24). The van der Waals surface area contributed by atoms with Crippen molar-refractivity contribution in [2.24, 2.45) is 5.92 Å². The van der Waals surface area contributed by atoms with Crippen molar-refractivity contribution in [3.63, 3.8) is 0 Å². The lowest BCUT2D eigenvalue weighted by Gasteiger charge is -2.33. The van der Waals surface area contributed by atoms with Gasteiger partial charge in [0.1, 0.15) is 0 Å². The molecule has 0 radical (unpaired) electrons. The van der Waals surface area contributed by atoms with Crippen LogP contribution < -0.4 is 9.62 Å². The van der Waals surface area contributed by atoms with E-state index in [1.165, 1.54) is 18.3 Å². The molecule has 1 saturated heterocycles. The normalized spacial score (nSPS) is 17.6. The number of piperidine rings is 1. The first-order valence-corrected chi connectivity index (χ1v) is 10.3. The van der Waals surface area contributed by atoms with Crippen LogP contribution in [0, 0.1) is 12.8 Å². The van der Waals surface area contributed by atoms with Crippen molar-refractivity contribution in [3.05, 3.63) is 47.7 Å². The highest BCUT2D eigenvalue weighted by atomic mass is 32.2. The Hall–Kier alpha value is -2.61. The van der Waals surface area contributed by atoms with E-state index in [0.717, 1.165) is 31.5 Å². The molecule has 144 valence electrons. The molecular formula is C19H23N3O4S. The first-order chi connectivity index (χ1) is 12.8. The van der Waals surface area contributed by atoms with Crippen LogP contribution in [0.25, 0.3) is 0 Å². The maximum Gasteiger partial charge on any atom is 0.337 e. The predicted octanol–water partition coefficient (Wildman–Crippen LogP) is 3.13. The van der Waals surface area contributed by atoms with Gasteiger partial charge in [0.05, 0.1) is 16.1 Å². The number of carboxylic acids is 1. The van der Waals surface area contributed by atoms with Crippen molar-refractivity contribution in [2.45, 2.75) is 31.6 Å². The SMILES string of the molecule is Cc1cccc(S(=O)(=O)Nc2cc(C(=O)O)cnc2N2CCCC(C)C2)c1. The summed E-state index contributed by atoms with van der Waals surface area (Å²) in [4.78, 5) is 17.7. The second-order valence-electron chi connectivity index (χ2n) is 7.02. The van der Waals surface area contributed by atoms with E-state index in [0.29, 0.717) is 11.7 Å². The number of sulfonamides is 1. The lowest BCUT2D eigenvalue weighted by Crippen LogP contribution is -2.35. The maximum absolute atomic E-state index is 12.8. The lowest BCUT2D eigenvalue weighted by atomic mass is 10.0. The van der Waals surface area contributed by atoms with Gasteiger partial charge in [0.2, 0.25) is 0 Å². The van der Waals surface area contributed by atoms with Crippen LogP contribution in [0.2, 0.25) is 0 Å². The van der Waals surface area contributed by atoms with Crippen LogP contribution in [0.15, 0.2) is 41.4 Å². The van der Waals surface area contributed by atoms with E-state index >= 15 is 0 Å². The average molecular weight is 389 g/mol. The molecule has 1 aliphatic heterocycles. The highest BCUT2D eigenvalue weighted by molar-refractivity contribution is 7.92. The zero-order valence-corrected chi connectivity index (χ0v) is 16.2. The number of aryl methyl sites for hydroxylation is 1. The summed E-state index contributed by atoms with van der Waals surface area (Å²) in [6, 6.07) is 7.89. The Morgan fingerprint density at radius 2 is 2.11 bits per heavy atom. The molecule has 1 unspecified atom stereocenters. The van der Waals surface area contributed by atoms with Crippen molar-refractivity contribution in [3.8, 4) is 0 Å². The van der Waals surface area contributed by atoms with E-state index < -0.39 is 16.0 Å². The molecule has 0 saturated carbocycles. The highest BCUT2D eigenvalue weighted by Crippen LogP contribution is 2.30. The molecule has 2 heterocycles. The number of carboxylic acid groups (broad SMARTS) is 1. The van der Waals surface area contributed by atoms with Gasteiger partial charge < -0.3 is 10.0 Å². The molecule has 0 amide bonds. The van der Waals surface area contributed by atoms with Crippen molar-refractivity contribution in [1.82, 2.24) is 4.98 Å². The molecule has 0 bridgehead atoms. The number of aromatic carboxylic acids is 1. The minimum atomic E-state index is -3.86. The molecule has 1 aliphatic rings. The van der Waals surface area contributed by atoms with Gasteiger partial charge in [0, 0.05) is 19.3 Å². The fraction of sp³-hybridized carbons (Fsp3) is 0.368. The average Bonchev–Trinajstić information content (AvgIpc) is 2.61. The fourth-order valence-electron chi connectivity index (χ4n) is 3.27. The molecule has 1 aromatic carbocycles. The molecule has 1 aromatic heterocycles. The van der Waals surface area contributed by atoms with Crippen LogP contribution in [0.5, 0.6) is 0 Å². The van der Waals surface area contributed by atoms with Crippen LogP contribution in [-0.2, 0) is 10.0 Å². The number of nitrogens with zero attached hydrogens (tertiary/aromatic N) is 2. The summed E-state index contributed by atoms with van der Waals surface area (Å²) in [5.74, 6) is -0.235. The number of rotatable bonds is 5. The highest BCUT2D eigenvalue weighted by Gasteiger charge is 2.24. The molecular weight excluding hydrogens is 366 g/mol. The van der Waals surface area contributed by atoms with Crippen LogP contribution in [0.1, 0.15) is 35.7 Å². The fourth-order valence-corrected chi connectivity index (χ4v) is 4.43. The van der Waals surface area contributed by atoms with Gasteiger partial charge in [-0.2, -0.15) is 0 Å². The largest absolute Gasteiger partial charge is 0.478 e. The van der Waals surface area contributed by atoms with Crippen LogP contribution in [0.3, 0.4) is 0 Å². The Bertz CT molecular complexity index is 959. The molecule has 1 atom stereocenters. The van der Waals surface area contributed by atoms with Gasteiger partial charge in [-0.3, -0.25) is 4.72 Å². The van der Waals surface area contributed by atoms with E-state index in [4.69, 9.17) is 0 Å². The van der Waals surface area contributed by atoms with Crippen molar-refractivity contribution >= 4 is 27.5 Å². The van der Waals surface area contributed by atoms with Crippen LogP contribution >= 0.6 is 0 Å². The molecule has 2 aromatic rings. The Labute approximate surface area is 159 Å². The molecule has 1 fully saturated rings. The van der Waals surface area contributed by atoms with Gasteiger partial charge in [-0.25, -0.2) is 18.2 Å². The first kappa shape index (κ1) is 19.2. The van der Waals surface area contributed by atoms with E-state index in [-0.39, 0.29) is 16.1 Å². The second-order valence-corrected chi connectivity index (χ2v) is 8.70. The Morgan fingerprint density at radius 1 is 1.33 bits per heavy atom. The van der Waals surface area contributed by atoms with Crippen LogP contribution in [-0.4, -0.2) is 37.6 Å². The minimum absolute atomic E-state index is 0.0641. The Kier molecular flexibility index (Phi) is 5.36. The predicted molar refractivity (Wildman–Crippen MR) is 104 cm³/mol. The minimum Gasteiger partial charge on any atom is -0.478 e. The second kappa shape index (κ2) is 7.56. The summed E-state index contributed by atoms with van der Waals surface area (Å²) < 4.78 is 28.2. The smallest absolute Gasteiger partial charge is 0.337 e. The topological polar surface area (TPSA) is 99.6 Å². The van der Waals surface area contributed by atoms with Gasteiger partial charge in [0.25, 0.3) is 10.0 Å². The molecule has 0 aliphatic carbocycles. The molecule has 8 heteroatoms. The van der Waals surface area contributed by atoms with Crippen molar-refractivity contribution < 1.29 is 18.3 Å². The number of benzene rings is 1. The van der Waals surface area contributed by atoms with Crippen LogP contribution in [0.4, 0.5) is 11.5 Å². The quantitative estimate of drug-likeness (QED) is 0.815. The van der Waals surface area contributed by atoms with Gasteiger partial charge in [-0.05, 0) is 49.4 Å². The van der Waals surface area contributed by atoms with Gasteiger partial charge in [0.15, 0.2) is 5.82 Å². The molecule has 0 spiro atoms. The summed E-state index contributed by atoms with van der Waals surface area (Å²) in [6.07, 6.45) is 3.35. The van der Waals surface area contributed by atoms with E-state index in [2.05, 4.69) is 16.6 Å². The molecule has 7 nitrogen and oxygen atoms in total. The summed E-state index contributed by atoms with van der Waals surface area (Å²) in [5.41, 5.74) is 0.941. The first-order valence-electron chi connectivity index (χ1n) is 8.84. The number of nitrogens with one attached hydrogen (secondary N) is 1. The number of anilines is 2. The zero-order valence-electron chi connectivity index (χ0n) is 15.3. The third kappa shape index (κ3) is 4.39. The Balaban J connectivity index is 2.01. The van der Waals surface area contributed by atoms with Gasteiger partial charge in [-0.1, -0.05) is 19.1 Å². The number of pyridine rings is 1. The molecule has 27 heavy (non-hydrogen) atoms. The third-order valence-corrected chi connectivity index (χ3v) is 5.98. The lowest BCUT2D eigenvalue weighted by molar-refractivity contribution is 0.0696. The third-order valence-electron chi connectivity index (χ3n) is 4.61. The van der Waals surface area contributed by atoms with Crippen molar-refractivity contribution in [2.75, 3.05) is 22.7 Å². The molecule has 3 rings (SSSR count). The summed E-state index contributed by atoms with van der Waals surface area (Å²) >= 11 is 0. The monoisotopic (exact) mass is 389 g/mol. The number of aromatic nitrogens is 1. The zero-order chi connectivity index (χ0) is 19.6. The van der Waals surface area contributed by atoms with E-state index in [9.17, 15) is 18.3 Å². The Morgan fingerprint density at radius 3 is 2.78 bits per heavy atom. The maximum atomic E-state index is 12.8. The van der Waals surface area contributed by atoms with Gasteiger partial charge in [-0.15, -0.1) is 0 Å². The summed E-state index contributed by atoms with van der Waals surface area (Å²) in [7, 11) is -3.86. The van der Waals surface area contributed by atoms with Crippen molar-refractivity contribution in [1.29, 1.82) is 0 Å². The van der Waals surface area contributed by atoms with Gasteiger partial charge >= 0.3 is 5.97 Å². The number of hydrogen-bond acceptors (Lipinski definition) is 5. The van der Waals surface area contributed by atoms with E-state index in [1.807, 2.05) is 17.9 Å². The number of carbonyl (C=O) groups is 1. The number of hydrogen-bond donors (Lipinski definition) is 2. The summed E-state index contributed by atoms with van der Waals surface area (Å²) in [6.45, 7) is 5.45. The summed E-state index contributed by atoms with van der Waals surface area (Å²) in [5, 5.41) is 9.27. The van der Waals surface area contributed by atoms with E-state index in [1.54, 1.807) is 12.1 Å². The molecule has 2 N–H and O–H groups in total.